The van der Waals surface area contributed by atoms with Gasteiger partial charge in [0.25, 0.3) is 5.69 Å². The van der Waals surface area contributed by atoms with Gasteiger partial charge in [0.15, 0.2) is 9.84 Å². The highest BCUT2D eigenvalue weighted by Gasteiger charge is 2.34. The average molecular weight is 363 g/mol. The highest BCUT2D eigenvalue weighted by molar-refractivity contribution is 9.10. The standard InChI is InChI=1S/C12H15BrN2O4S/c1-20(18,19)12-4-2-3-10(12)14-8-5-6-9(13)11(7-8)15(16)17/h5-7,10,12,14H,2-4H2,1H3. The molecule has 0 amide bonds. The molecule has 0 radical (unpaired) electrons. The van der Waals surface area contributed by atoms with E-state index in [1.54, 1.807) is 12.1 Å². The lowest BCUT2D eigenvalue weighted by atomic mass is 10.2. The zero-order valence-corrected chi connectivity index (χ0v) is 13.3. The molecule has 0 aromatic heterocycles. The minimum absolute atomic E-state index is 0.0381. The van der Waals surface area contributed by atoms with E-state index in [1.165, 1.54) is 12.3 Å². The first-order valence-corrected chi connectivity index (χ1v) is 8.93. The number of anilines is 1. The van der Waals surface area contributed by atoms with Gasteiger partial charge in [-0.05, 0) is 47.3 Å². The largest absolute Gasteiger partial charge is 0.381 e. The number of sulfone groups is 1. The molecule has 1 saturated carbocycles. The van der Waals surface area contributed by atoms with Crippen LogP contribution in [0.1, 0.15) is 19.3 Å². The van der Waals surface area contributed by atoms with Gasteiger partial charge in [-0.3, -0.25) is 10.1 Å². The minimum Gasteiger partial charge on any atom is -0.381 e. The van der Waals surface area contributed by atoms with Crippen molar-refractivity contribution >= 4 is 37.1 Å². The lowest BCUT2D eigenvalue weighted by Crippen LogP contribution is -2.34. The van der Waals surface area contributed by atoms with E-state index >= 15 is 0 Å². The molecule has 6 nitrogen and oxygen atoms in total. The van der Waals surface area contributed by atoms with Crippen molar-refractivity contribution in [3.8, 4) is 0 Å². The predicted molar refractivity (Wildman–Crippen MR) is 80.7 cm³/mol. The lowest BCUT2D eigenvalue weighted by molar-refractivity contribution is -0.385. The zero-order chi connectivity index (χ0) is 14.9. The zero-order valence-electron chi connectivity index (χ0n) is 10.9. The summed E-state index contributed by atoms with van der Waals surface area (Å²) in [7, 11) is -3.11. The second-order valence-electron chi connectivity index (χ2n) is 4.97. The fraction of sp³-hybridized carbons (Fsp3) is 0.500. The number of halogens is 1. The predicted octanol–water partition coefficient (Wildman–Crippen LogP) is 2.73. The van der Waals surface area contributed by atoms with Gasteiger partial charge in [0.05, 0.1) is 14.6 Å². The van der Waals surface area contributed by atoms with Gasteiger partial charge in [0, 0.05) is 24.1 Å². The quantitative estimate of drug-likeness (QED) is 0.656. The monoisotopic (exact) mass is 362 g/mol. The molecule has 0 spiro atoms. The topological polar surface area (TPSA) is 89.3 Å². The Morgan fingerprint density at radius 3 is 2.70 bits per heavy atom. The van der Waals surface area contributed by atoms with E-state index in [2.05, 4.69) is 21.2 Å². The van der Waals surface area contributed by atoms with E-state index in [4.69, 9.17) is 0 Å². The maximum absolute atomic E-state index is 11.7. The van der Waals surface area contributed by atoms with E-state index < -0.39 is 20.0 Å². The van der Waals surface area contributed by atoms with Crippen LogP contribution in [0.5, 0.6) is 0 Å². The van der Waals surface area contributed by atoms with Crippen molar-refractivity contribution in [2.75, 3.05) is 11.6 Å². The van der Waals surface area contributed by atoms with E-state index in [1.807, 2.05) is 0 Å². The van der Waals surface area contributed by atoms with Crippen LogP contribution >= 0.6 is 15.9 Å². The van der Waals surface area contributed by atoms with E-state index in [-0.39, 0.29) is 11.7 Å². The summed E-state index contributed by atoms with van der Waals surface area (Å²) in [5.41, 5.74) is 0.532. The van der Waals surface area contributed by atoms with Crippen molar-refractivity contribution in [2.24, 2.45) is 0 Å². The minimum atomic E-state index is -3.11. The van der Waals surface area contributed by atoms with E-state index in [9.17, 15) is 18.5 Å². The molecular formula is C12H15BrN2O4S. The maximum Gasteiger partial charge on any atom is 0.285 e. The van der Waals surface area contributed by atoms with E-state index in [0.29, 0.717) is 16.6 Å². The van der Waals surface area contributed by atoms with Crippen LogP contribution in [-0.2, 0) is 9.84 Å². The molecule has 0 bridgehead atoms. The van der Waals surface area contributed by atoms with Crippen molar-refractivity contribution in [2.45, 2.75) is 30.6 Å². The molecule has 110 valence electrons. The van der Waals surface area contributed by atoms with Gasteiger partial charge in [0.2, 0.25) is 0 Å². The molecule has 1 aromatic rings. The summed E-state index contributed by atoms with van der Waals surface area (Å²) >= 11 is 3.12. The van der Waals surface area contributed by atoms with Crippen LogP contribution in [0, 0.1) is 10.1 Å². The van der Waals surface area contributed by atoms with Crippen molar-refractivity contribution in [1.29, 1.82) is 0 Å². The van der Waals surface area contributed by atoms with Gasteiger partial charge in [-0.2, -0.15) is 0 Å². The molecule has 0 heterocycles. The second kappa shape index (κ2) is 5.69. The normalized spacial score (nSPS) is 22.7. The first-order valence-electron chi connectivity index (χ1n) is 6.18. The molecular weight excluding hydrogens is 348 g/mol. The molecule has 0 saturated heterocycles. The van der Waals surface area contributed by atoms with Crippen LogP contribution in [0.3, 0.4) is 0 Å². The first-order chi connectivity index (χ1) is 9.29. The molecule has 2 unspecified atom stereocenters. The molecule has 2 atom stereocenters. The van der Waals surface area contributed by atoms with Crippen LogP contribution in [-0.4, -0.2) is 30.9 Å². The Balaban J connectivity index is 2.22. The van der Waals surface area contributed by atoms with E-state index in [0.717, 1.165) is 12.8 Å². The summed E-state index contributed by atoms with van der Waals surface area (Å²) in [5, 5.41) is 13.6. The third-order valence-electron chi connectivity index (χ3n) is 3.50. The van der Waals surface area contributed by atoms with Gasteiger partial charge in [0.1, 0.15) is 0 Å². The Morgan fingerprint density at radius 1 is 1.40 bits per heavy atom. The second-order valence-corrected chi connectivity index (χ2v) is 8.09. The molecule has 1 aromatic carbocycles. The summed E-state index contributed by atoms with van der Waals surface area (Å²) in [4.78, 5) is 10.4. The van der Waals surface area contributed by atoms with Crippen LogP contribution in [0.4, 0.5) is 11.4 Å². The SMILES string of the molecule is CS(=O)(=O)C1CCCC1Nc1ccc(Br)c([N+](=O)[O-])c1. The molecule has 1 fully saturated rings. The number of nitrogens with zero attached hydrogens (tertiary/aromatic N) is 1. The summed E-state index contributed by atoms with van der Waals surface area (Å²) in [5.74, 6) is 0. The Bertz CT molecular complexity index is 632. The molecule has 1 aliphatic rings. The summed E-state index contributed by atoms with van der Waals surface area (Å²) in [6.45, 7) is 0. The fourth-order valence-electron chi connectivity index (χ4n) is 2.56. The highest BCUT2D eigenvalue weighted by atomic mass is 79.9. The number of nitro groups is 1. The third kappa shape index (κ3) is 3.29. The summed E-state index contributed by atoms with van der Waals surface area (Å²) in [6.07, 6.45) is 3.46. The van der Waals surface area contributed by atoms with Crippen molar-refractivity contribution in [3.63, 3.8) is 0 Å². The fourth-order valence-corrected chi connectivity index (χ4v) is 4.35. The molecule has 1 aliphatic carbocycles. The van der Waals surface area contributed by atoms with Crippen LogP contribution in [0.2, 0.25) is 0 Å². The molecule has 2 rings (SSSR count). The van der Waals surface area contributed by atoms with Gasteiger partial charge < -0.3 is 5.32 Å². The smallest absolute Gasteiger partial charge is 0.285 e. The Kier molecular flexibility index (Phi) is 4.33. The maximum atomic E-state index is 11.7. The number of hydrogen-bond acceptors (Lipinski definition) is 5. The van der Waals surface area contributed by atoms with Crippen molar-refractivity contribution in [3.05, 3.63) is 32.8 Å². The van der Waals surface area contributed by atoms with Gasteiger partial charge >= 0.3 is 0 Å². The van der Waals surface area contributed by atoms with Crippen molar-refractivity contribution < 1.29 is 13.3 Å². The lowest BCUT2D eigenvalue weighted by Gasteiger charge is -2.20. The number of benzene rings is 1. The van der Waals surface area contributed by atoms with Gasteiger partial charge in [-0.25, -0.2) is 8.42 Å². The molecule has 0 aliphatic heterocycles. The number of nitrogens with one attached hydrogen (secondary N) is 1. The number of nitro benzene ring substituents is 1. The van der Waals surface area contributed by atoms with Crippen LogP contribution in [0.25, 0.3) is 0 Å². The van der Waals surface area contributed by atoms with Crippen LogP contribution in [0.15, 0.2) is 22.7 Å². The third-order valence-corrected chi connectivity index (χ3v) is 5.83. The first kappa shape index (κ1) is 15.2. The van der Waals surface area contributed by atoms with Crippen LogP contribution < -0.4 is 5.32 Å². The van der Waals surface area contributed by atoms with Gasteiger partial charge in [-0.1, -0.05) is 0 Å². The summed E-state index contributed by atoms with van der Waals surface area (Å²) < 4.78 is 23.8. The Labute approximate surface area is 125 Å². The molecule has 8 heteroatoms. The molecule has 20 heavy (non-hydrogen) atoms. The summed E-state index contributed by atoms with van der Waals surface area (Å²) in [6, 6.07) is 4.52. The average Bonchev–Trinajstić information content (AvgIpc) is 2.79. The number of rotatable bonds is 4. The van der Waals surface area contributed by atoms with Crippen molar-refractivity contribution in [1.82, 2.24) is 0 Å². The Morgan fingerprint density at radius 2 is 2.10 bits per heavy atom. The number of hydrogen-bond donors (Lipinski definition) is 1. The van der Waals surface area contributed by atoms with Gasteiger partial charge in [-0.15, -0.1) is 0 Å². The molecule has 1 N–H and O–H groups in total. The highest BCUT2D eigenvalue weighted by Crippen LogP contribution is 2.31. The Hall–Kier alpha value is -1.15.